The van der Waals surface area contributed by atoms with Gasteiger partial charge in [-0.2, -0.15) is 5.10 Å². The first kappa shape index (κ1) is 15.4. The molecule has 2 heterocycles. The van der Waals surface area contributed by atoms with E-state index in [1.807, 2.05) is 35.0 Å². The molecule has 0 unspecified atom stereocenters. The van der Waals surface area contributed by atoms with Crippen molar-refractivity contribution in [2.75, 3.05) is 5.73 Å². The Morgan fingerprint density at radius 1 is 1.32 bits per heavy atom. The van der Waals surface area contributed by atoms with Gasteiger partial charge >= 0.3 is 5.97 Å². The Morgan fingerprint density at radius 3 is 2.84 bits per heavy atom. The molecule has 0 saturated carbocycles. The van der Waals surface area contributed by atoms with Crippen molar-refractivity contribution in [3.63, 3.8) is 0 Å². The predicted octanol–water partition coefficient (Wildman–Crippen LogP) is 2.60. The number of nitrogens with two attached hydrogens (primary N) is 1. The fourth-order valence-electron chi connectivity index (χ4n) is 3.25. The lowest BCUT2D eigenvalue weighted by molar-refractivity contribution is 0.0466. The second kappa shape index (κ2) is 6.08. The van der Waals surface area contributed by atoms with E-state index in [2.05, 4.69) is 10.3 Å². The van der Waals surface area contributed by atoms with Crippen LogP contribution in [0.3, 0.4) is 0 Å². The molecule has 7 heteroatoms. The molecule has 2 N–H and O–H groups in total. The van der Waals surface area contributed by atoms with E-state index in [0.717, 1.165) is 30.6 Å². The molecule has 1 aliphatic carbocycles. The van der Waals surface area contributed by atoms with E-state index in [1.54, 1.807) is 6.92 Å². The van der Waals surface area contributed by atoms with E-state index < -0.39 is 5.97 Å². The average Bonchev–Trinajstić information content (AvgIpc) is 3.30. The van der Waals surface area contributed by atoms with Crippen molar-refractivity contribution in [2.24, 2.45) is 0 Å². The van der Waals surface area contributed by atoms with Crippen LogP contribution in [-0.2, 0) is 24.2 Å². The molecule has 7 nitrogen and oxygen atoms in total. The molecule has 0 spiro atoms. The molecule has 128 valence electrons. The maximum Gasteiger partial charge on any atom is 0.346 e. The van der Waals surface area contributed by atoms with Crippen molar-refractivity contribution in [1.82, 2.24) is 14.9 Å². The summed E-state index contributed by atoms with van der Waals surface area (Å²) in [5.74, 6) is -0.570. The second-order valence-electron chi connectivity index (χ2n) is 6.06. The maximum absolute atomic E-state index is 12.3. The van der Waals surface area contributed by atoms with Gasteiger partial charge in [-0.1, -0.05) is 23.4 Å². The normalized spacial score (nSPS) is 13.0. The molecule has 1 aliphatic rings. The average molecular weight is 338 g/mol. The van der Waals surface area contributed by atoms with Gasteiger partial charge in [-0.15, -0.1) is 0 Å². The van der Waals surface area contributed by atoms with Crippen molar-refractivity contribution >= 4 is 11.9 Å². The first-order chi connectivity index (χ1) is 12.1. The van der Waals surface area contributed by atoms with Gasteiger partial charge in [-0.25, -0.2) is 9.48 Å². The number of benzene rings is 1. The number of aromatic nitrogens is 3. The fraction of sp³-hybridized carbons (Fsp3) is 0.278. The van der Waals surface area contributed by atoms with Crippen molar-refractivity contribution in [3.8, 4) is 5.69 Å². The molecule has 0 radical (unpaired) electrons. The summed E-state index contributed by atoms with van der Waals surface area (Å²) in [6.07, 6.45) is 3.00. The predicted molar refractivity (Wildman–Crippen MR) is 90.4 cm³/mol. The van der Waals surface area contributed by atoms with Gasteiger partial charge < -0.3 is 15.0 Å². The molecule has 0 aliphatic heterocycles. The zero-order valence-electron chi connectivity index (χ0n) is 13.9. The largest absolute Gasteiger partial charge is 0.455 e. The lowest BCUT2D eigenvalue weighted by atomic mass is 10.2. The minimum Gasteiger partial charge on any atom is -0.455 e. The smallest absolute Gasteiger partial charge is 0.346 e. The standard InChI is InChI=1S/C18H18N4O3/c1-11-16(17(19)25-21-11)18(23)24-10-14-13-8-5-9-15(13)22(20-14)12-6-3-2-4-7-12/h2-4,6-7H,5,8-10,19H2,1H3. The summed E-state index contributed by atoms with van der Waals surface area (Å²) in [6.45, 7) is 1.75. The highest BCUT2D eigenvalue weighted by Gasteiger charge is 2.25. The van der Waals surface area contributed by atoms with Gasteiger partial charge in [0.15, 0.2) is 0 Å². The van der Waals surface area contributed by atoms with Crippen LogP contribution in [0.2, 0.25) is 0 Å². The molecule has 25 heavy (non-hydrogen) atoms. The summed E-state index contributed by atoms with van der Waals surface area (Å²) in [4.78, 5) is 12.3. The molecule has 0 atom stereocenters. The van der Waals surface area contributed by atoms with Crippen LogP contribution in [0.5, 0.6) is 0 Å². The minimum absolute atomic E-state index is 0.0254. The third-order valence-electron chi connectivity index (χ3n) is 4.45. The van der Waals surface area contributed by atoms with Gasteiger partial charge in [-0.05, 0) is 38.3 Å². The minimum atomic E-state index is -0.544. The zero-order valence-corrected chi connectivity index (χ0v) is 13.9. The number of carbonyl (C=O) groups excluding carboxylic acids is 1. The molecule has 1 aromatic carbocycles. The molecule has 0 bridgehead atoms. The molecular weight excluding hydrogens is 320 g/mol. The number of hydrogen-bond acceptors (Lipinski definition) is 6. The van der Waals surface area contributed by atoms with Crippen LogP contribution in [-0.4, -0.2) is 20.9 Å². The van der Waals surface area contributed by atoms with Crippen LogP contribution in [0.4, 0.5) is 5.88 Å². The first-order valence-corrected chi connectivity index (χ1v) is 8.19. The molecule has 0 fully saturated rings. The van der Waals surface area contributed by atoms with Gasteiger partial charge in [0.05, 0.1) is 11.4 Å². The Kier molecular flexibility index (Phi) is 3.76. The highest BCUT2D eigenvalue weighted by Crippen LogP contribution is 2.28. The highest BCUT2D eigenvalue weighted by atomic mass is 16.5. The number of nitrogens with zero attached hydrogens (tertiary/aromatic N) is 3. The molecule has 2 aromatic heterocycles. The van der Waals surface area contributed by atoms with E-state index in [1.165, 1.54) is 11.3 Å². The van der Waals surface area contributed by atoms with Crippen LogP contribution in [0, 0.1) is 6.92 Å². The Morgan fingerprint density at radius 2 is 2.12 bits per heavy atom. The van der Waals surface area contributed by atoms with E-state index in [0.29, 0.717) is 5.69 Å². The number of aryl methyl sites for hydroxylation is 1. The third-order valence-corrected chi connectivity index (χ3v) is 4.45. The Hall–Kier alpha value is -3.09. The number of anilines is 1. The second-order valence-corrected chi connectivity index (χ2v) is 6.06. The van der Waals surface area contributed by atoms with E-state index >= 15 is 0 Å². The van der Waals surface area contributed by atoms with Gasteiger partial charge in [0.1, 0.15) is 17.9 Å². The zero-order chi connectivity index (χ0) is 17.4. The van der Waals surface area contributed by atoms with Crippen molar-refractivity contribution in [3.05, 3.63) is 58.5 Å². The van der Waals surface area contributed by atoms with E-state index in [9.17, 15) is 4.79 Å². The number of rotatable bonds is 4. The number of hydrogen-bond donors (Lipinski definition) is 1. The number of carbonyl (C=O) groups is 1. The first-order valence-electron chi connectivity index (χ1n) is 8.19. The van der Waals surface area contributed by atoms with Gasteiger partial charge in [-0.3, -0.25) is 0 Å². The highest BCUT2D eigenvalue weighted by molar-refractivity contribution is 5.94. The topological polar surface area (TPSA) is 96.2 Å². The quantitative estimate of drug-likeness (QED) is 0.735. The molecule has 0 amide bonds. The van der Waals surface area contributed by atoms with Crippen LogP contribution >= 0.6 is 0 Å². The SMILES string of the molecule is Cc1noc(N)c1C(=O)OCc1nn(-c2ccccc2)c2c1CCC2. The Labute approximate surface area is 144 Å². The summed E-state index contributed by atoms with van der Waals surface area (Å²) < 4.78 is 12.2. The molecule has 0 saturated heterocycles. The molecule has 4 rings (SSSR count). The Balaban J connectivity index is 1.59. The summed E-state index contributed by atoms with van der Waals surface area (Å²) >= 11 is 0. The number of para-hydroxylation sites is 1. The van der Waals surface area contributed by atoms with E-state index in [4.69, 9.17) is 15.0 Å². The number of ether oxygens (including phenoxy) is 1. The number of fused-ring (bicyclic) bond motifs is 1. The van der Waals surface area contributed by atoms with Crippen LogP contribution in [0.15, 0.2) is 34.9 Å². The van der Waals surface area contributed by atoms with Gasteiger partial charge in [0.2, 0.25) is 5.88 Å². The van der Waals surface area contributed by atoms with Gasteiger partial charge in [0, 0.05) is 11.3 Å². The fourth-order valence-corrected chi connectivity index (χ4v) is 3.25. The lowest BCUT2D eigenvalue weighted by Crippen LogP contribution is -2.09. The summed E-state index contributed by atoms with van der Waals surface area (Å²) in [5.41, 5.74) is 10.4. The van der Waals surface area contributed by atoms with Crippen molar-refractivity contribution in [2.45, 2.75) is 32.8 Å². The van der Waals surface area contributed by atoms with Crippen molar-refractivity contribution in [1.29, 1.82) is 0 Å². The summed E-state index contributed by atoms with van der Waals surface area (Å²) in [5, 5.41) is 8.34. The number of esters is 1. The van der Waals surface area contributed by atoms with Crippen LogP contribution < -0.4 is 5.73 Å². The summed E-state index contributed by atoms with van der Waals surface area (Å²) in [7, 11) is 0. The monoisotopic (exact) mass is 338 g/mol. The van der Waals surface area contributed by atoms with Gasteiger partial charge in [0.25, 0.3) is 0 Å². The molecular formula is C18H18N4O3. The van der Waals surface area contributed by atoms with E-state index in [-0.39, 0.29) is 18.1 Å². The molecule has 3 aromatic rings. The van der Waals surface area contributed by atoms with Crippen LogP contribution in [0.1, 0.15) is 39.4 Å². The summed E-state index contributed by atoms with van der Waals surface area (Å²) in [6, 6.07) is 9.97. The van der Waals surface area contributed by atoms with Crippen molar-refractivity contribution < 1.29 is 14.1 Å². The Bertz CT molecular complexity index is 908. The third kappa shape index (κ3) is 2.67. The maximum atomic E-state index is 12.3. The lowest BCUT2D eigenvalue weighted by Gasteiger charge is -2.05. The van der Waals surface area contributed by atoms with Crippen LogP contribution in [0.25, 0.3) is 5.69 Å². The number of nitrogen functional groups attached to an aromatic ring is 1.